The molecule has 0 N–H and O–H groups in total. The van der Waals surface area contributed by atoms with Crippen LogP contribution in [0.1, 0.15) is 53.4 Å². The summed E-state index contributed by atoms with van der Waals surface area (Å²) in [6.07, 6.45) is 3.19. The SMILES string of the molecule is CCCC[C@@H](CC(=O)N1C(=O)OC[C@@H]1C(C)(C)C)[Si](C)(C)c1ccccc1. The van der Waals surface area contributed by atoms with E-state index in [0.717, 1.165) is 19.3 Å². The summed E-state index contributed by atoms with van der Waals surface area (Å²) in [5.41, 5.74) is 0.119. The molecule has 0 aliphatic carbocycles. The molecule has 0 saturated carbocycles. The Hall–Kier alpha value is -1.62. The van der Waals surface area contributed by atoms with E-state index in [2.05, 4.69) is 65.1 Å². The number of hydrogen-bond acceptors (Lipinski definition) is 3. The maximum Gasteiger partial charge on any atom is 0.416 e. The Morgan fingerprint density at radius 1 is 1.26 bits per heavy atom. The zero-order valence-electron chi connectivity index (χ0n) is 17.7. The Bertz CT molecular complexity index is 651. The first-order chi connectivity index (χ1) is 12.6. The van der Waals surface area contributed by atoms with E-state index in [1.807, 2.05) is 6.07 Å². The number of carbonyl (C=O) groups is 2. The van der Waals surface area contributed by atoms with Gasteiger partial charge in [0, 0.05) is 6.42 Å². The first-order valence-electron chi connectivity index (χ1n) is 10.1. The van der Waals surface area contributed by atoms with E-state index in [1.165, 1.54) is 10.1 Å². The van der Waals surface area contributed by atoms with Gasteiger partial charge in [-0.25, -0.2) is 9.69 Å². The summed E-state index contributed by atoms with van der Waals surface area (Å²) in [4.78, 5) is 26.9. The molecule has 27 heavy (non-hydrogen) atoms. The summed E-state index contributed by atoms with van der Waals surface area (Å²) in [6.45, 7) is 13.3. The maximum atomic E-state index is 13.2. The first kappa shape index (κ1) is 21.7. The van der Waals surface area contributed by atoms with E-state index in [-0.39, 0.29) is 17.4 Å². The molecule has 1 heterocycles. The molecule has 1 aromatic carbocycles. The number of nitrogens with zero attached hydrogens (tertiary/aromatic N) is 1. The van der Waals surface area contributed by atoms with Gasteiger partial charge in [-0.15, -0.1) is 0 Å². The van der Waals surface area contributed by atoms with E-state index < -0.39 is 14.2 Å². The van der Waals surface area contributed by atoms with E-state index >= 15 is 0 Å². The number of imide groups is 1. The molecule has 150 valence electrons. The Labute approximate surface area is 165 Å². The quantitative estimate of drug-likeness (QED) is 0.620. The van der Waals surface area contributed by atoms with Crippen LogP contribution in [0.15, 0.2) is 30.3 Å². The molecule has 1 fully saturated rings. The summed E-state index contributed by atoms with van der Waals surface area (Å²) in [7, 11) is -1.85. The minimum atomic E-state index is -1.85. The van der Waals surface area contributed by atoms with Crippen molar-refractivity contribution in [1.82, 2.24) is 4.90 Å². The van der Waals surface area contributed by atoms with Gasteiger partial charge in [-0.2, -0.15) is 0 Å². The van der Waals surface area contributed by atoms with Crippen LogP contribution in [0.3, 0.4) is 0 Å². The highest BCUT2D eigenvalue weighted by molar-refractivity contribution is 6.91. The van der Waals surface area contributed by atoms with Crippen LogP contribution >= 0.6 is 0 Å². The summed E-state index contributed by atoms with van der Waals surface area (Å²) in [6, 6.07) is 10.4. The molecule has 1 aliphatic heterocycles. The third-order valence-corrected chi connectivity index (χ3v) is 10.4. The fourth-order valence-corrected chi connectivity index (χ4v) is 7.05. The van der Waals surface area contributed by atoms with Crippen molar-refractivity contribution in [1.29, 1.82) is 0 Å². The smallest absolute Gasteiger partial charge is 0.416 e. The van der Waals surface area contributed by atoms with Crippen molar-refractivity contribution >= 4 is 25.3 Å². The number of benzene rings is 1. The number of hydrogen-bond donors (Lipinski definition) is 0. The highest BCUT2D eigenvalue weighted by Crippen LogP contribution is 2.35. The Kier molecular flexibility index (Phi) is 6.90. The van der Waals surface area contributed by atoms with Crippen molar-refractivity contribution in [3.05, 3.63) is 30.3 Å². The average Bonchev–Trinajstić information content (AvgIpc) is 3.01. The number of ether oxygens (including phenoxy) is 1. The third-order valence-electron chi connectivity index (χ3n) is 6.01. The van der Waals surface area contributed by atoms with Crippen LogP contribution in [0.2, 0.25) is 18.6 Å². The zero-order valence-corrected chi connectivity index (χ0v) is 18.7. The van der Waals surface area contributed by atoms with Gasteiger partial charge in [0.05, 0.1) is 14.1 Å². The molecule has 1 aliphatic rings. The van der Waals surface area contributed by atoms with Crippen LogP contribution in [0, 0.1) is 5.41 Å². The second kappa shape index (κ2) is 8.59. The van der Waals surface area contributed by atoms with Crippen molar-refractivity contribution in [2.24, 2.45) is 5.41 Å². The van der Waals surface area contributed by atoms with Gasteiger partial charge in [0.1, 0.15) is 6.61 Å². The summed E-state index contributed by atoms with van der Waals surface area (Å²) in [5.74, 6) is -0.0740. The summed E-state index contributed by atoms with van der Waals surface area (Å²) >= 11 is 0. The van der Waals surface area contributed by atoms with Gasteiger partial charge in [0.2, 0.25) is 5.91 Å². The molecule has 2 atom stereocenters. The predicted octanol–water partition coefficient (Wildman–Crippen LogP) is 4.95. The van der Waals surface area contributed by atoms with E-state index in [4.69, 9.17) is 4.74 Å². The standard InChI is InChI=1S/C22H35NO3Si/c1-7-8-12-18(27(5,6)17-13-10-9-11-14-17)15-20(24)23-19(22(2,3)4)16-26-21(23)25/h9-11,13-14,18-19H,7-8,12,15-16H2,1-6H3/t18-,19+/m0/s1. The first-order valence-corrected chi connectivity index (χ1v) is 13.2. The monoisotopic (exact) mass is 389 g/mol. The van der Waals surface area contributed by atoms with Crippen LogP contribution in [0.25, 0.3) is 0 Å². The van der Waals surface area contributed by atoms with Crippen LogP contribution in [-0.4, -0.2) is 37.6 Å². The highest BCUT2D eigenvalue weighted by Gasteiger charge is 2.45. The molecule has 0 bridgehead atoms. The van der Waals surface area contributed by atoms with Gasteiger partial charge >= 0.3 is 6.09 Å². The molecule has 5 heteroatoms. The molecule has 2 amide bonds. The molecule has 0 unspecified atom stereocenters. The zero-order chi connectivity index (χ0) is 20.2. The van der Waals surface area contributed by atoms with Gasteiger partial charge in [-0.05, 0) is 11.0 Å². The van der Waals surface area contributed by atoms with Gasteiger partial charge in [-0.3, -0.25) is 4.79 Å². The second-order valence-corrected chi connectivity index (χ2v) is 14.2. The third kappa shape index (κ3) is 5.01. The fourth-order valence-electron chi connectivity index (χ4n) is 3.92. The van der Waals surface area contributed by atoms with Crippen LogP contribution < -0.4 is 5.19 Å². The lowest BCUT2D eigenvalue weighted by Crippen LogP contribution is -2.50. The molecule has 1 saturated heterocycles. The van der Waals surface area contributed by atoms with Gasteiger partial charge in [0.25, 0.3) is 0 Å². The van der Waals surface area contributed by atoms with Crippen LogP contribution in [0.4, 0.5) is 4.79 Å². The van der Waals surface area contributed by atoms with Gasteiger partial charge in [-0.1, -0.05) is 95.6 Å². The topological polar surface area (TPSA) is 46.6 Å². The van der Waals surface area contributed by atoms with E-state index in [9.17, 15) is 9.59 Å². The van der Waals surface area contributed by atoms with Crippen molar-refractivity contribution < 1.29 is 14.3 Å². The maximum absolute atomic E-state index is 13.2. The minimum Gasteiger partial charge on any atom is -0.447 e. The van der Waals surface area contributed by atoms with E-state index in [1.54, 1.807) is 0 Å². The molecule has 2 rings (SSSR count). The van der Waals surface area contributed by atoms with Crippen molar-refractivity contribution in [3.63, 3.8) is 0 Å². The van der Waals surface area contributed by atoms with Crippen molar-refractivity contribution in [2.75, 3.05) is 6.61 Å². The molecular weight excluding hydrogens is 354 g/mol. The second-order valence-electron chi connectivity index (χ2n) is 9.35. The average molecular weight is 390 g/mol. The summed E-state index contributed by atoms with van der Waals surface area (Å²) < 4.78 is 5.24. The molecule has 0 aromatic heterocycles. The number of carbonyl (C=O) groups excluding carboxylic acids is 2. The molecule has 0 radical (unpaired) electrons. The molecule has 0 spiro atoms. The number of unbranched alkanes of at least 4 members (excludes halogenated alkanes) is 1. The Morgan fingerprint density at radius 3 is 2.44 bits per heavy atom. The lowest BCUT2D eigenvalue weighted by molar-refractivity contribution is -0.130. The number of cyclic esters (lactones) is 1. The van der Waals surface area contributed by atoms with Gasteiger partial charge < -0.3 is 4.74 Å². The highest BCUT2D eigenvalue weighted by atomic mass is 28.3. The molecular formula is C22H35NO3Si. The Morgan fingerprint density at radius 2 is 1.89 bits per heavy atom. The van der Waals surface area contributed by atoms with E-state index in [0.29, 0.717) is 18.6 Å². The van der Waals surface area contributed by atoms with Crippen LogP contribution in [0.5, 0.6) is 0 Å². The van der Waals surface area contributed by atoms with Gasteiger partial charge in [0.15, 0.2) is 0 Å². The predicted molar refractivity (Wildman–Crippen MR) is 113 cm³/mol. The molecule has 4 nitrogen and oxygen atoms in total. The lowest BCUT2D eigenvalue weighted by atomic mass is 9.86. The summed E-state index contributed by atoms with van der Waals surface area (Å²) in [5, 5.41) is 1.37. The normalized spacial score (nSPS) is 19.1. The fraction of sp³-hybridized carbons (Fsp3) is 0.636. The minimum absolute atomic E-state index is 0.0740. The lowest BCUT2D eigenvalue weighted by Gasteiger charge is -2.36. The van der Waals surface area contributed by atoms with Crippen LogP contribution in [-0.2, 0) is 9.53 Å². The number of amides is 2. The van der Waals surface area contributed by atoms with Crippen molar-refractivity contribution in [3.8, 4) is 0 Å². The largest absolute Gasteiger partial charge is 0.447 e. The number of rotatable bonds is 7. The Balaban J connectivity index is 2.25. The molecule has 1 aromatic rings. The van der Waals surface area contributed by atoms with Crippen molar-refractivity contribution in [2.45, 2.75) is 78.1 Å².